The van der Waals surface area contributed by atoms with Crippen molar-refractivity contribution in [3.63, 3.8) is 0 Å². The van der Waals surface area contributed by atoms with Crippen molar-refractivity contribution in [2.75, 3.05) is 6.61 Å². The standard InChI is InChI=1S/C18H22N2O4S2/c1-4-12(3)19-15(21)10-20-16(9-17(22)24-5-2)26-14(18(20)23)8-13-6-7-25-11-13/h6-9,11-12H,4-5,10H2,1-3H3,(H,19,21)/b14-8-,16-9-. The van der Waals surface area contributed by atoms with Gasteiger partial charge in [0, 0.05) is 6.04 Å². The number of thiophene rings is 1. The molecule has 1 atom stereocenters. The van der Waals surface area contributed by atoms with E-state index in [1.165, 1.54) is 33.3 Å². The highest BCUT2D eigenvalue weighted by molar-refractivity contribution is 7.08. The van der Waals surface area contributed by atoms with Crippen molar-refractivity contribution in [2.45, 2.75) is 39.8 Å². The van der Waals surface area contributed by atoms with E-state index < -0.39 is 5.97 Å². The number of thiazole rings is 1. The number of aromatic nitrogens is 1. The lowest BCUT2D eigenvalue weighted by Crippen LogP contribution is -2.41. The van der Waals surface area contributed by atoms with E-state index in [0.29, 0.717) is 9.20 Å². The second-order valence-electron chi connectivity index (χ2n) is 5.67. The molecule has 140 valence electrons. The molecule has 0 aliphatic heterocycles. The molecule has 0 aromatic carbocycles. The van der Waals surface area contributed by atoms with E-state index >= 15 is 0 Å². The molecule has 1 amide bonds. The third kappa shape index (κ3) is 5.40. The van der Waals surface area contributed by atoms with Crippen molar-refractivity contribution < 1.29 is 14.3 Å². The summed E-state index contributed by atoms with van der Waals surface area (Å²) in [5.74, 6) is -0.799. The Morgan fingerprint density at radius 2 is 2.15 bits per heavy atom. The van der Waals surface area contributed by atoms with Crippen molar-refractivity contribution in [1.82, 2.24) is 9.88 Å². The van der Waals surface area contributed by atoms with E-state index in [2.05, 4.69) is 5.32 Å². The van der Waals surface area contributed by atoms with Crippen LogP contribution >= 0.6 is 22.7 Å². The summed E-state index contributed by atoms with van der Waals surface area (Å²) in [7, 11) is 0. The van der Waals surface area contributed by atoms with Crippen LogP contribution in [0.5, 0.6) is 0 Å². The van der Waals surface area contributed by atoms with Crippen molar-refractivity contribution in [2.24, 2.45) is 0 Å². The molecule has 0 fully saturated rings. The van der Waals surface area contributed by atoms with Gasteiger partial charge in [-0.05, 0) is 48.7 Å². The average Bonchev–Trinajstić information content (AvgIpc) is 3.19. The van der Waals surface area contributed by atoms with Gasteiger partial charge in [0.05, 0.1) is 17.2 Å². The highest BCUT2D eigenvalue weighted by Crippen LogP contribution is 2.05. The summed E-state index contributed by atoms with van der Waals surface area (Å²) in [6, 6.07) is 1.92. The summed E-state index contributed by atoms with van der Waals surface area (Å²) in [5.41, 5.74) is 0.614. The number of rotatable bonds is 7. The minimum Gasteiger partial charge on any atom is -0.463 e. The van der Waals surface area contributed by atoms with E-state index in [9.17, 15) is 14.4 Å². The van der Waals surface area contributed by atoms with Gasteiger partial charge in [0.2, 0.25) is 5.91 Å². The second kappa shape index (κ2) is 9.49. The maximum atomic E-state index is 12.7. The molecule has 0 aliphatic rings. The molecule has 0 radical (unpaired) electrons. The SMILES string of the molecule is CCOC(=O)/C=c1\s/c(=C\c2ccsc2)c(=O)n1CC(=O)NC(C)CC. The van der Waals surface area contributed by atoms with E-state index in [4.69, 9.17) is 4.74 Å². The summed E-state index contributed by atoms with van der Waals surface area (Å²) in [5, 5.41) is 6.68. The van der Waals surface area contributed by atoms with Gasteiger partial charge in [0.15, 0.2) is 0 Å². The van der Waals surface area contributed by atoms with E-state index in [-0.39, 0.29) is 30.7 Å². The second-order valence-corrected chi connectivity index (χ2v) is 7.51. The number of hydrogen-bond donors (Lipinski definition) is 1. The molecular formula is C18H22N2O4S2. The molecule has 1 N–H and O–H groups in total. The minimum atomic E-state index is -0.535. The molecule has 0 spiro atoms. The Bertz CT molecular complexity index is 926. The molecule has 0 bridgehead atoms. The fraction of sp³-hybridized carbons (Fsp3) is 0.389. The molecule has 2 aromatic rings. The Balaban J connectivity index is 2.46. The lowest BCUT2D eigenvalue weighted by atomic mass is 10.2. The maximum Gasteiger partial charge on any atom is 0.333 e. The first-order valence-electron chi connectivity index (χ1n) is 8.36. The van der Waals surface area contributed by atoms with Crippen LogP contribution in [0, 0.1) is 0 Å². The first kappa shape index (κ1) is 20.1. The van der Waals surface area contributed by atoms with Crippen LogP contribution in [0.15, 0.2) is 21.6 Å². The van der Waals surface area contributed by atoms with Gasteiger partial charge < -0.3 is 10.1 Å². The van der Waals surface area contributed by atoms with Gasteiger partial charge in [0.25, 0.3) is 5.56 Å². The predicted molar refractivity (Wildman–Crippen MR) is 105 cm³/mol. The molecule has 0 aliphatic carbocycles. The summed E-state index contributed by atoms with van der Waals surface area (Å²) in [6.45, 7) is 5.68. The first-order valence-corrected chi connectivity index (χ1v) is 10.1. The molecule has 1 unspecified atom stereocenters. The van der Waals surface area contributed by atoms with Crippen LogP contribution < -0.4 is 20.1 Å². The van der Waals surface area contributed by atoms with E-state index in [1.54, 1.807) is 13.0 Å². The van der Waals surface area contributed by atoms with Crippen molar-refractivity contribution in [1.29, 1.82) is 0 Å². The number of carbonyl (C=O) groups is 2. The number of esters is 1. The van der Waals surface area contributed by atoms with Gasteiger partial charge >= 0.3 is 5.97 Å². The Morgan fingerprint density at radius 1 is 1.38 bits per heavy atom. The van der Waals surface area contributed by atoms with Gasteiger partial charge in [-0.15, -0.1) is 11.3 Å². The van der Waals surface area contributed by atoms with E-state index in [1.807, 2.05) is 30.7 Å². The lowest BCUT2D eigenvalue weighted by Gasteiger charge is -2.11. The molecule has 0 saturated carbocycles. The molecule has 8 heteroatoms. The monoisotopic (exact) mass is 394 g/mol. The molecule has 2 rings (SSSR count). The summed E-state index contributed by atoms with van der Waals surface area (Å²) < 4.78 is 7.11. The number of nitrogens with one attached hydrogen (secondary N) is 1. The lowest BCUT2D eigenvalue weighted by molar-refractivity contribution is -0.135. The van der Waals surface area contributed by atoms with E-state index in [0.717, 1.165) is 12.0 Å². The zero-order valence-electron chi connectivity index (χ0n) is 15.0. The molecule has 2 heterocycles. The fourth-order valence-electron chi connectivity index (χ4n) is 2.15. The Morgan fingerprint density at radius 3 is 2.77 bits per heavy atom. The zero-order valence-corrected chi connectivity index (χ0v) is 16.6. The van der Waals surface area contributed by atoms with Crippen molar-refractivity contribution in [3.05, 3.63) is 41.9 Å². The third-order valence-electron chi connectivity index (χ3n) is 3.63. The first-order chi connectivity index (χ1) is 12.4. The number of nitrogens with zero attached hydrogens (tertiary/aromatic N) is 1. The van der Waals surface area contributed by atoms with Gasteiger partial charge in [-0.2, -0.15) is 11.3 Å². The van der Waals surface area contributed by atoms with Crippen LogP contribution in [0.2, 0.25) is 0 Å². The molecule has 6 nitrogen and oxygen atoms in total. The molecule has 26 heavy (non-hydrogen) atoms. The van der Waals surface area contributed by atoms with Crippen LogP contribution in [-0.2, 0) is 20.9 Å². The van der Waals surface area contributed by atoms with Gasteiger partial charge in [0.1, 0.15) is 11.2 Å². The number of carbonyl (C=O) groups excluding carboxylic acids is 2. The van der Waals surface area contributed by atoms with Crippen LogP contribution in [0.25, 0.3) is 12.2 Å². The highest BCUT2D eigenvalue weighted by atomic mass is 32.1. The normalized spacial score (nSPS) is 13.7. The Hall–Kier alpha value is -2.19. The van der Waals surface area contributed by atoms with Crippen molar-refractivity contribution >= 4 is 46.7 Å². The van der Waals surface area contributed by atoms with Crippen LogP contribution in [-0.4, -0.2) is 29.1 Å². The minimum absolute atomic E-state index is 0.0196. The molecule has 0 saturated heterocycles. The quantitative estimate of drug-likeness (QED) is 0.713. The topological polar surface area (TPSA) is 77.4 Å². The summed E-state index contributed by atoms with van der Waals surface area (Å²) >= 11 is 2.70. The average molecular weight is 395 g/mol. The van der Waals surface area contributed by atoms with Gasteiger partial charge in [-0.25, -0.2) is 4.79 Å². The largest absolute Gasteiger partial charge is 0.463 e. The molecule has 2 aromatic heterocycles. The fourth-order valence-corrected chi connectivity index (χ4v) is 3.80. The van der Waals surface area contributed by atoms with Gasteiger partial charge in [-0.1, -0.05) is 6.92 Å². The highest BCUT2D eigenvalue weighted by Gasteiger charge is 2.12. The number of hydrogen-bond acceptors (Lipinski definition) is 6. The van der Waals surface area contributed by atoms with Crippen LogP contribution in [0.1, 0.15) is 32.8 Å². The number of amides is 1. The predicted octanol–water partition coefficient (Wildman–Crippen LogP) is 1.06. The zero-order chi connectivity index (χ0) is 19.1. The van der Waals surface area contributed by atoms with Gasteiger partial charge in [-0.3, -0.25) is 14.2 Å². The summed E-state index contributed by atoms with van der Waals surface area (Å²) in [6.07, 6.45) is 3.81. The Kier molecular flexibility index (Phi) is 7.35. The maximum absolute atomic E-state index is 12.7. The van der Waals surface area contributed by atoms with Crippen LogP contribution in [0.4, 0.5) is 0 Å². The molecular weight excluding hydrogens is 372 g/mol. The van der Waals surface area contributed by atoms with Crippen molar-refractivity contribution in [3.8, 4) is 0 Å². The Labute approximate surface area is 159 Å². The smallest absolute Gasteiger partial charge is 0.333 e. The third-order valence-corrected chi connectivity index (χ3v) is 5.39. The summed E-state index contributed by atoms with van der Waals surface area (Å²) in [4.78, 5) is 36.8. The van der Waals surface area contributed by atoms with Crippen LogP contribution in [0.3, 0.4) is 0 Å². The number of ether oxygens (including phenoxy) is 1.